The van der Waals surface area contributed by atoms with Crippen molar-refractivity contribution < 1.29 is 33.1 Å². The number of benzene rings is 4. The first-order valence-corrected chi connectivity index (χ1v) is 14.6. The van der Waals surface area contributed by atoms with Crippen LogP contribution in [0, 0.1) is 5.82 Å². The van der Waals surface area contributed by atoms with Gasteiger partial charge in [0.15, 0.2) is 0 Å². The molecule has 1 aliphatic rings. The second kappa shape index (κ2) is 13.8. The van der Waals surface area contributed by atoms with E-state index in [1.165, 1.54) is 67.4 Å². The van der Waals surface area contributed by atoms with Crippen LogP contribution in [0.5, 0.6) is 0 Å². The minimum atomic E-state index is -0.673. The Kier molecular flexibility index (Phi) is 9.49. The number of amides is 4. The summed E-state index contributed by atoms with van der Waals surface area (Å²) in [4.78, 5) is 65.4. The van der Waals surface area contributed by atoms with Crippen molar-refractivity contribution in [2.75, 3.05) is 17.3 Å². The maximum atomic E-state index is 14.4. The van der Waals surface area contributed by atoms with Crippen LogP contribution in [0.15, 0.2) is 114 Å². The number of thioether (sulfide) groups is 1. The molecule has 226 valence electrons. The van der Waals surface area contributed by atoms with E-state index in [-0.39, 0.29) is 29.5 Å². The van der Waals surface area contributed by atoms with Gasteiger partial charge in [0.05, 0.1) is 23.6 Å². The van der Waals surface area contributed by atoms with Gasteiger partial charge in [-0.1, -0.05) is 36.4 Å². The van der Waals surface area contributed by atoms with Crippen molar-refractivity contribution in [3.05, 3.63) is 131 Å². The molecule has 4 aromatic rings. The first-order valence-electron chi connectivity index (χ1n) is 13.7. The number of imide groups is 1. The van der Waals surface area contributed by atoms with Crippen LogP contribution in [0.2, 0.25) is 0 Å². The Balaban J connectivity index is 1.26. The normalized spacial score (nSPS) is 14.7. The van der Waals surface area contributed by atoms with Gasteiger partial charge in [0.2, 0.25) is 11.8 Å². The highest BCUT2D eigenvalue weighted by Gasteiger charge is 2.40. The van der Waals surface area contributed by atoms with Crippen LogP contribution in [-0.2, 0) is 19.1 Å². The Morgan fingerprint density at radius 1 is 0.867 bits per heavy atom. The smallest absolute Gasteiger partial charge is 0.337 e. The second-order valence-corrected chi connectivity index (χ2v) is 11.1. The maximum absolute atomic E-state index is 14.4. The van der Waals surface area contributed by atoms with Crippen LogP contribution in [0.3, 0.4) is 0 Å². The summed E-state index contributed by atoms with van der Waals surface area (Å²) in [5.74, 6) is -3.04. The second-order valence-electron chi connectivity index (χ2n) is 9.79. The van der Waals surface area contributed by atoms with Crippen molar-refractivity contribution in [2.45, 2.75) is 16.6 Å². The number of hydrogen-bond donors (Lipinski definition) is 2. The highest BCUT2D eigenvalue weighted by atomic mass is 32.2. The van der Waals surface area contributed by atoms with Crippen LogP contribution < -0.4 is 15.5 Å². The predicted molar refractivity (Wildman–Crippen MR) is 168 cm³/mol. The highest BCUT2D eigenvalue weighted by Crippen LogP contribution is 2.34. The fourth-order valence-corrected chi connectivity index (χ4v) is 5.56. The molecule has 0 spiro atoms. The zero-order chi connectivity index (χ0) is 31.9. The van der Waals surface area contributed by atoms with Gasteiger partial charge >= 0.3 is 5.97 Å². The Morgan fingerprint density at radius 3 is 2.20 bits per heavy atom. The number of carbonyl (C=O) groups excluding carboxylic acids is 5. The number of anilines is 2. The minimum Gasteiger partial charge on any atom is -0.465 e. The van der Waals surface area contributed by atoms with Gasteiger partial charge in [-0.25, -0.2) is 14.1 Å². The third-order valence-electron chi connectivity index (χ3n) is 6.78. The molecule has 45 heavy (non-hydrogen) atoms. The molecule has 1 aliphatic heterocycles. The summed E-state index contributed by atoms with van der Waals surface area (Å²) in [5.41, 5.74) is 1.32. The molecule has 0 bridgehead atoms. The van der Waals surface area contributed by atoms with Crippen molar-refractivity contribution in [3.63, 3.8) is 0 Å². The number of rotatable bonds is 9. The van der Waals surface area contributed by atoms with E-state index in [9.17, 15) is 28.4 Å². The van der Waals surface area contributed by atoms with Crippen molar-refractivity contribution in [3.8, 4) is 0 Å². The van der Waals surface area contributed by atoms with E-state index in [1.807, 2.05) is 0 Å². The summed E-state index contributed by atoms with van der Waals surface area (Å²) in [5, 5.41) is 4.61. The molecule has 1 atom stereocenters. The van der Waals surface area contributed by atoms with E-state index >= 15 is 0 Å². The van der Waals surface area contributed by atoms with Crippen LogP contribution in [0.4, 0.5) is 15.8 Å². The number of halogens is 1. The SMILES string of the molecule is COC(=O)c1ccc(N2C(=O)CC(Sc3ccc(NC(=O)/C(=C/c4ccccc4F)NC(=O)c4ccccc4)cc3)C2=O)cc1. The van der Waals surface area contributed by atoms with Crippen molar-refractivity contribution in [2.24, 2.45) is 0 Å². The molecule has 1 heterocycles. The molecule has 11 heteroatoms. The summed E-state index contributed by atoms with van der Waals surface area (Å²) in [6.45, 7) is 0. The minimum absolute atomic E-state index is 0.00788. The summed E-state index contributed by atoms with van der Waals surface area (Å²) >= 11 is 1.21. The van der Waals surface area contributed by atoms with Gasteiger partial charge in [-0.05, 0) is 72.8 Å². The molecule has 1 unspecified atom stereocenters. The van der Waals surface area contributed by atoms with E-state index < -0.39 is 28.9 Å². The lowest BCUT2D eigenvalue weighted by molar-refractivity contribution is -0.121. The van der Waals surface area contributed by atoms with Crippen LogP contribution in [0.25, 0.3) is 6.08 Å². The first kappa shape index (κ1) is 30.9. The molecule has 0 saturated carbocycles. The summed E-state index contributed by atoms with van der Waals surface area (Å²) in [6.07, 6.45) is 1.25. The van der Waals surface area contributed by atoms with E-state index in [4.69, 9.17) is 0 Å². The van der Waals surface area contributed by atoms with E-state index in [0.29, 0.717) is 27.4 Å². The monoisotopic (exact) mass is 623 g/mol. The zero-order valence-corrected chi connectivity index (χ0v) is 24.7. The Morgan fingerprint density at radius 2 is 1.53 bits per heavy atom. The van der Waals surface area contributed by atoms with Crippen molar-refractivity contribution in [1.82, 2.24) is 5.32 Å². The molecule has 0 aliphatic carbocycles. The topological polar surface area (TPSA) is 122 Å². The summed E-state index contributed by atoms with van der Waals surface area (Å²) < 4.78 is 19.1. The Hall–Kier alpha value is -5.55. The van der Waals surface area contributed by atoms with E-state index in [0.717, 1.165) is 4.90 Å². The molecular formula is C34H26FN3O6S. The lowest BCUT2D eigenvalue weighted by atomic mass is 10.1. The third-order valence-corrected chi connectivity index (χ3v) is 7.97. The molecule has 0 aromatic heterocycles. The van der Waals surface area contributed by atoms with Crippen LogP contribution in [-0.4, -0.2) is 42.0 Å². The highest BCUT2D eigenvalue weighted by molar-refractivity contribution is 8.00. The largest absolute Gasteiger partial charge is 0.465 e. The first-order chi connectivity index (χ1) is 21.7. The Bertz CT molecular complexity index is 1790. The number of ether oxygens (including phenoxy) is 1. The van der Waals surface area contributed by atoms with Crippen molar-refractivity contribution >= 4 is 58.8 Å². The van der Waals surface area contributed by atoms with Gasteiger partial charge < -0.3 is 15.4 Å². The van der Waals surface area contributed by atoms with E-state index in [1.54, 1.807) is 60.7 Å². The summed E-state index contributed by atoms with van der Waals surface area (Å²) in [6, 6.07) is 26.8. The number of esters is 1. The lowest BCUT2D eigenvalue weighted by Crippen LogP contribution is -2.31. The molecule has 1 saturated heterocycles. The van der Waals surface area contributed by atoms with Crippen molar-refractivity contribution in [1.29, 1.82) is 0 Å². The molecule has 1 fully saturated rings. The summed E-state index contributed by atoms with van der Waals surface area (Å²) in [7, 11) is 1.27. The molecule has 0 radical (unpaired) electrons. The number of methoxy groups -OCH3 is 1. The molecule has 4 amide bonds. The maximum Gasteiger partial charge on any atom is 0.337 e. The third kappa shape index (κ3) is 7.34. The number of nitrogens with one attached hydrogen (secondary N) is 2. The number of nitrogens with zero attached hydrogens (tertiary/aromatic N) is 1. The average molecular weight is 624 g/mol. The predicted octanol–water partition coefficient (Wildman–Crippen LogP) is 5.45. The molecule has 5 rings (SSSR count). The van der Waals surface area contributed by atoms with Gasteiger partial charge in [0.25, 0.3) is 11.8 Å². The standard InChI is InChI=1S/C34H26FN3O6S/c1-44-34(43)22-11-15-25(16-12-22)38-30(39)20-29(33(38)42)45-26-17-13-24(14-18-26)36-32(41)28(19-23-9-5-6-10-27(23)35)37-31(40)21-7-3-2-4-8-21/h2-19,29H,20H2,1H3,(H,36,41)(H,37,40)/b28-19-. The fraction of sp³-hybridized carbons (Fsp3) is 0.0882. The van der Waals surface area contributed by atoms with Gasteiger partial charge in [-0.2, -0.15) is 0 Å². The molecule has 4 aromatic carbocycles. The molecule has 2 N–H and O–H groups in total. The zero-order valence-electron chi connectivity index (χ0n) is 23.9. The quantitative estimate of drug-likeness (QED) is 0.145. The molecule has 9 nitrogen and oxygen atoms in total. The number of carbonyl (C=O) groups is 5. The molecular weight excluding hydrogens is 597 g/mol. The average Bonchev–Trinajstić information content (AvgIpc) is 3.34. The lowest BCUT2D eigenvalue weighted by Gasteiger charge is -2.15. The fourth-order valence-electron chi connectivity index (χ4n) is 4.50. The van der Waals surface area contributed by atoms with E-state index in [2.05, 4.69) is 15.4 Å². The van der Waals surface area contributed by atoms with Gasteiger partial charge in [-0.15, -0.1) is 11.8 Å². The van der Waals surface area contributed by atoms with Gasteiger partial charge in [0, 0.05) is 28.1 Å². The van der Waals surface area contributed by atoms with Crippen LogP contribution >= 0.6 is 11.8 Å². The van der Waals surface area contributed by atoms with Gasteiger partial charge in [-0.3, -0.25) is 19.2 Å². The number of hydrogen-bond acceptors (Lipinski definition) is 7. The Labute approximate surface area is 262 Å². The van der Waals surface area contributed by atoms with Gasteiger partial charge in [0.1, 0.15) is 11.5 Å². The van der Waals surface area contributed by atoms with Crippen LogP contribution in [0.1, 0.15) is 32.7 Å².